The third kappa shape index (κ3) is 4.16. The Bertz CT molecular complexity index is 453. The highest BCUT2D eigenvalue weighted by molar-refractivity contribution is 5.72. The highest BCUT2D eigenvalue weighted by Crippen LogP contribution is 2.11. The smallest absolute Gasteiger partial charge is 0.314 e. The molecule has 2 rings (SSSR count). The second kappa shape index (κ2) is 6.65. The Morgan fingerprint density at radius 1 is 1.25 bits per heavy atom. The van der Waals surface area contributed by atoms with Crippen molar-refractivity contribution < 1.29 is 13.6 Å². The van der Waals surface area contributed by atoms with Crippen molar-refractivity contribution in [2.75, 3.05) is 19.6 Å². The molecule has 1 aromatic rings. The normalized spacial score (nSPS) is 16.4. The van der Waals surface area contributed by atoms with Gasteiger partial charge in [-0.25, -0.2) is 13.6 Å². The molecular formula is C14H19F2N3O. The van der Waals surface area contributed by atoms with Gasteiger partial charge in [0, 0.05) is 25.2 Å². The number of amides is 2. The van der Waals surface area contributed by atoms with E-state index in [1.807, 2.05) is 0 Å². The van der Waals surface area contributed by atoms with E-state index >= 15 is 0 Å². The average Bonchev–Trinajstić information content (AvgIpc) is 2.38. The molecule has 1 saturated heterocycles. The number of nitrogens with two attached hydrogens (primary N) is 1. The number of nitrogens with one attached hydrogen (secondary N) is 1. The van der Waals surface area contributed by atoms with Crippen LogP contribution in [-0.2, 0) is 6.42 Å². The molecule has 2 amide bonds. The summed E-state index contributed by atoms with van der Waals surface area (Å²) in [5, 5.41) is 3.34. The van der Waals surface area contributed by atoms with Gasteiger partial charge >= 0.3 is 6.03 Å². The molecule has 1 heterocycles. The summed E-state index contributed by atoms with van der Waals surface area (Å²) in [6, 6.07) is 3.51. The van der Waals surface area contributed by atoms with E-state index in [0.717, 1.165) is 18.9 Å². The maximum atomic E-state index is 13.0. The summed E-state index contributed by atoms with van der Waals surface area (Å²) in [5.41, 5.74) is 5.86. The fraction of sp³-hybridized carbons (Fsp3) is 0.500. The fourth-order valence-corrected chi connectivity index (χ4v) is 2.48. The fourth-order valence-electron chi connectivity index (χ4n) is 2.48. The van der Waals surface area contributed by atoms with Gasteiger partial charge < -0.3 is 16.0 Å². The molecule has 0 radical (unpaired) electrons. The highest BCUT2D eigenvalue weighted by atomic mass is 19.1. The number of halogens is 2. The lowest BCUT2D eigenvalue weighted by Crippen LogP contribution is -2.47. The Labute approximate surface area is 116 Å². The van der Waals surface area contributed by atoms with Gasteiger partial charge in [0.05, 0.1) is 0 Å². The Morgan fingerprint density at radius 2 is 1.85 bits per heavy atom. The zero-order valence-electron chi connectivity index (χ0n) is 11.2. The predicted molar refractivity (Wildman–Crippen MR) is 72.2 cm³/mol. The lowest BCUT2D eigenvalue weighted by Gasteiger charge is -2.31. The highest BCUT2D eigenvalue weighted by Gasteiger charge is 2.20. The number of carbonyl (C=O) groups is 1. The molecule has 110 valence electrons. The number of urea groups is 1. The Kier molecular flexibility index (Phi) is 4.89. The van der Waals surface area contributed by atoms with Gasteiger partial charge in [-0.2, -0.15) is 0 Å². The van der Waals surface area contributed by atoms with E-state index in [4.69, 9.17) is 5.73 Å². The monoisotopic (exact) mass is 283 g/mol. The number of nitrogens with zero attached hydrogens (tertiary/aromatic N) is 1. The van der Waals surface area contributed by atoms with Crippen LogP contribution in [0.5, 0.6) is 0 Å². The van der Waals surface area contributed by atoms with Crippen LogP contribution in [0.2, 0.25) is 0 Å². The quantitative estimate of drug-likeness (QED) is 0.882. The molecule has 4 nitrogen and oxygen atoms in total. The number of rotatable bonds is 4. The molecule has 0 aromatic heterocycles. The van der Waals surface area contributed by atoms with Crippen LogP contribution in [0.15, 0.2) is 18.2 Å². The molecular weight excluding hydrogens is 264 g/mol. The molecule has 0 atom stereocenters. The second-order valence-electron chi connectivity index (χ2n) is 5.08. The maximum Gasteiger partial charge on any atom is 0.314 e. The lowest BCUT2D eigenvalue weighted by atomic mass is 10.0. The van der Waals surface area contributed by atoms with Gasteiger partial charge in [0.25, 0.3) is 0 Å². The minimum atomic E-state index is -0.547. The predicted octanol–water partition coefficient (Wildman–Crippen LogP) is 1.64. The number of piperidine rings is 1. The van der Waals surface area contributed by atoms with Crippen molar-refractivity contribution >= 4 is 6.03 Å². The number of hydrogen-bond acceptors (Lipinski definition) is 2. The molecule has 6 heteroatoms. The largest absolute Gasteiger partial charge is 0.351 e. The van der Waals surface area contributed by atoms with Crippen LogP contribution in [0.3, 0.4) is 0 Å². The van der Waals surface area contributed by atoms with Gasteiger partial charge in [-0.3, -0.25) is 0 Å². The van der Waals surface area contributed by atoms with Crippen molar-refractivity contribution in [3.63, 3.8) is 0 Å². The van der Waals surface area contributed by atoms with E-state index in [-0.39, 0.29) is 6.03 Å². The van der Waals surface area contributed by atoms with Gasteiger partial charge in [-0.1, -0.05) is 0 Å². The number of benzene rings is 1. The molecule has 0 unspecified atom stereocenters. The number of carbonyl (C=O) groups excluding carboxylic acids is 1. The second-order valence-corrected chi connectivity index (χ2v) is 5.08. The first-order chi connectivity index (χ1) is 9.54. The summed E-state index contributed by atoms with van der Waals surface area (Å²) in [5.74, 6) is -1.09. The molecule has 3 N–H and O–H groups in total. The number of hydrogen-bond donors (Lipinski definition) is 2. The Hall–Kier alpha value is -1.69. The van der Waals surface area contributed by atoms with Crippen LogP contribution in [0.4, 0.5) is 13.6 Å². The molecule has 1 aromatic carbocycles. The molecule has 0 bridgehead atoms. The topological polar surface area (TPSA) is 58.4 Å². The zero-order valence-corrected chi connectivity index (χ0v) is 11.2. The van der Waals surface area contributed by atoms with E-state index in [2.05, 4.69) is 5.32 Å². The standard InChI is InChI=1S/C14H19F2N3O/c15-11-7-10(8-12(16)9-11)1-4-18-13-2-5-19(6-3-13)14(17)20/h7-9,13,18H,1-6H2,(H2,17,20). The van der Waals surface area contributed by atoms with Gasteiger partial charge in [-0.05, 0) is 43.5 Å². The average molecular weight is 283 g/mol. The summed E-state index contributed by atoms with van der Waals surface area (Å²) >= 11 is 0. The van der Waals surface area contributed by atoms with Crippen LogP contribution in [0.1, 0.15) is 18.4 Å². The SMILES string of the molecule is NC(=O)N1CCC(NCCc2cc(F)cc(F)c2)CC1. The Balaban J connectivity index is 1.73. The van der Waals surface area contributed by atoms with Gasteiger partial charge in [0.15, 0.2) is 0 Å². The Morgan fingerprint density at radius 3 is 2.40 bits per heavy atom. The van der Waals surface area contributed by atoms with Crippen molar-refractivity contribution in [3.05, 3.63) is 35.4 Å². The van der Waals surface area contributed by atoms with E-state index in [0.29, 0.717) is 37.7 Å². The summed E-state index contributed by atoms with van der Waals surface area (Å²) in [7, 11) is 0. The maximum absolute atomic E-state index is 13.0. The molecule has 1 fully saturated rings. The molecule has 20 heavy (non-hydrogen) atoms. The van der Waals surface area contributed by atoms with E-state index in [9.17, 15) is 13.6 Å². The summed E-state index contributed by atoms with van der Waals surface area (Å²) in [6.45, 7) is 1.97. The van der Waals surface area contributed by atoms with Crippen LogP contribution in [0.25, 0.3) is 0 Å². The lowest BCUT2D eigenvalue weighted by molar-refractivity contribution is 0.185. The van der Waals surface area contributed by atoms with E-state index in [1.165, 1.54) is 12.1 Å². The summed E-state index contributed by atoms with van der Waals surface area (Å²) in [4.78, 5) is 12.6. The molecule has 0 saturated carbocycles. The molecule has 1 aliphatic heterocycles. The van der Waals surface area contributed by atoms with Crippen molar-refractivity contribution in [2.45, 2.75) is 25.3 Å². The van der Waals surface area contributed by atoms with Crippen molar-refractivity contribution in [3.8, 4) is 0 Å². The minimum Gasteiger partial charge on any atom is -0.351 e. The third-order valence-corrected chi connectivity index (χ3v) is 3.58. The minimum absolute atomic E-state index is 0.323. The van der Waals surface area contributed by atoms with Gasteiger partial charge in [0.1, 0.15) is 11.6 Å². The first-order valence-electron chi connectivity index (χ1n) is 6.77. The molecule has 0 aliphatic carbocycles. The van der Waals surface area contributed by atoms with E-state index in [1.54, 1.807) is 4.90 Å². The van der Waals surface area contributed by atoms with E-state index < -0.39 is 11.6 Å². The zero-order chi connectivity index (χ0) is 14.5. The molecule has 1 aliphatic rings. The van der Waals surface area contributed by atoms with Crippen LogP contribution in [-0.4, -0.2) is 36.6 Å². The third-order valence-electron chi connectivity index (χ3n) is 3.58. The first-order valence-corrected chi connectivity index (χ1v) is 6.77. The van der Waals surface area contributed by atoms with Crippen molar-refractivity contribution in [1.29, 1.82) is 0 Å². The number of likely N-dealkylation sites (tertiary alicyclic amines) is 1. The van der Waals surface area contributed by atoms with Gasteiger partial charge in [0.2, 0.25) is 0 Å². The van der Waals surface area contributed by atoms with Crippen LogP contribution < -0.4 is 11.1 Å². The van der Waals surface area contributed by atoms with Crippen molar-refractivity contribution in [1.82, 2.24) is 10.2 Å². The van der Waals surface area contributed by atoms with Gasteiger partial charge in [-0.15, -0.1) is 0 Å². The number of primary amides is 1. The first kappa shape index (κ1) is 14.7. The molecule has 0 spiro atoms. The van der Waals surface area contributed by atoms with Crippen LogP contribution >= 0.6 is 0 Å². The summed E-state index contributed by atoms with van der Waals surface area (Å²) < 4.78 is 26.0. The van der Waals surface area contributed by atoms with Crippen LogP contribution in [0, 0.1) is 11.6 Å². The van der Waals surface area contributed by atoms with Crippen molar-refractivity contribution in [2.24, 2.45) is 5.73 Å². The summed E-state index contributed by atoms with van der Waals surface area (Å²) in [6.07, 6.45) is 2.27.